The lowest BCUT2D eigenvalue weighted by atomic mass is 9.99. The van der Waals surface area contributed by atoms with Crippen molar-refractivity contribution in [2.75, 3.05) is 13.2 Å². The highest BCUT2D eigenvalue weighted by molar-refractivity contribution is 5.83. The van der Waals surface area contributed by atoms with Crippen LogP contribution in [-0.4, -0.2) is 24.2 Å². The van der Waals surface area contributed by atoms with Gasteiger partial charge in [-0.15, -0.1) is 0 Å². The number of nitrogens with one attached hydrogen (secondary N) is 1. The van der Waals surface area contributed by atoms with Crippen LogP contribution in [0, 0.1) is 5.92 Å². The highest BCUT2D eigenvalue weighted by atomic mass is 16.5. The summed E-state index contributed by atoms with van der Waals surface area (Å²) in [5.41, 5.74) is 1.82. The molecular weight excluding hydrogens is 338 g/mol. The molecule has 146 valence electrons. The first-order valence-corrected chi connectivity index (χ1v) is 9.74. The summed E-state index contributed by atoms with van der Waals surface area (Å²) in [6.45, 7) is 6.77. The van der Waals surface area contributed by atoms with Gasteiger partial charge in [-0.2, -0.15) is 0 Å². The molecule has 27 heavy (non-hydrogen) atoms. The van der Waals surface area contributed by atoms with E-state index in [2.05, 4.69) is 19.2 Å². The first-order chi connectivity index (χ1) is 13.0. The Balaban J connectivity index is 1.95. The third-order valence-electron chi connectivity index (χ3n) is 4.79. The molecule has 0 aliphatic carbocycles. The van der Waals surface area contributed by atoms with Crippen LogP contribution < -0.4 is 10.1 Å². The smallest absolute Gasteiger partial charge is 0.227 e. The fourth-order valence-electron chi connectivity index (χ4n) is 3.04. The Morgan fingerprint density at radius 3 is 2.30 bits per heavy atom. The number of rotatable bonds is 10. The summed E-state index contributed by atoms with van der Waals surface area (Å²) in [7, 11) is 0. The third kappa shape index (κ3) is 6.40. The maximum absolute atomic E-state index is 12.5. The number of hydrogen-bond acceptors (Lipinski definition) is 3. The molecule has 2 rings (SSSR count). The van der Waals surface area contributed by atoms with Crippen molar-refractivity contribution in [2.24, 2.45) is 5.92 Å². The number of amides is 1. The molecule has 2 aromatic rings. The number of carbonyl (C=O) groups is 1. The molecule has 2 N–H and O–H groups in total. The summed E-state index contributed by atoms with van der Waals surface area (Å²) in [5.74, 6) is 0.956. The molecule has 0 heterocycles. The molecule has 0 saturated heterocycles. The Morgan fingerprint density at radius 2 is 1.70 bits per heavy atom. The van der Waals surface area contributed by atoms with Crippen LogP contribution in [0.4, 0.5) is 0 Å². The highest BCUT2D eigenvalue weighted by Crippen LogP contribution is 2.21. The minimum Gasteiger partial charge on any atom is -0.493 e. The Kier molecular flexibility index (Phi) is 8.34. The Labute approximate surface area is 162 Å². The lowest BCUT2D eigenvalue weighted by Gasteiger charge is -2.20. The molecule has 0 spiro atoms. The van der Waals surface area contributed by atoms with E-state index in [1.807, 2.05) is 61.5 Å². The maximum Gasteiger partial charge on any atom is 0.227 e. The molecule has 0 aliphatic rings. The lowest BCUT2D eigenvalue weighted by Crippen LogP contribution is -2.33. The largest absolute Gasteiger partial charge is 0.493 e. The van der Waals surface area contributed by atoms with Crippen LogP contribution in [0.3, 0.4) is 0 Å². The van der Waals surface area contributed by atoms with Gasteiger partial charge < -0.3 is 15.2 Å². The van der Waals surface area contributed by atoms with E-state index >= 15 is 0 Å². The molecular formula is C23H31NO3. The number of aliphatic hydroxyl groups is 1. The number of ether oxygens (including phenoxy) is 1. The number of hydrogen-bond donors (Lipinski definition) is 2. The Hall–Kier alpha value is -2.33. The van der Waals surface area contributed by atoms with Crippen molar-refractivity contribution < 1.29 is 14.6 Å². The summed E-state index contributed by atoms with van der Waals surface area (Å²) in [6.07, 6.45) is 2.30. The third-order valence-corrected chi connectivity index (χ3v) is 4.79. The fourth-order valence-corrected chi connectivity index (χ4v) is 3.04. The minimum absolute atomic E-state index is 0.103. The normalized spacial score (nSPS) is 14.2. The van der Waals surface area contributed by atoms with E-state index in [0.717, 1.165) is 29.7 Å². The molecule has 3 atom stereocenters. The van der Waals surface area contributed by atoms with Gasteiger partial charge in [0.2, 0.25) is 5.91 Å². The molecule has 0 saturated carbocycles. The number of aliphatic hydroxyl groups excluding tert-OH is 1. The lowest BCUT2D eigenvalue weighted by molar-refractivity contribution is -0.123. The Morgan fingerprint density at radius 1 is 1.04 bits per heavy atom. The highest BCUT2D eigenvalue weighted by Gasteiger charge is 2.19. The summed E-state index contributed by atoms with van der Waals surface area (Å²) >= 11 is 0. The summed E-state index contributed by atoms with van der Waals surface area (Å²) in [4.78, 5) is 12.5. The molecule has 0 radical (unpaired) electrons. The molecule has 4 heteroatoms. The monoisotopic (exact) mass is 369 g/mol. The first-order valence-electron chi connectivity index (χ1n) is 9.74. The maximum atomic E-state index is 12.5. The second-order valence-electron chi connectivity index (χ2n) is 7.15. The van der Waals surface area contributed by atoms with Crippen molar-refractivity contribution in [2.45, 2.75) is 45.6 Å². The van der Waals surface area contributed by atoms with Gasteiger partial charge in [0, 0.05) is 0 Å². The minimum atomic E-state index is -0.434. The number of benzene rings is 2. The van der Waals surface area contributed by atoms with Crippen LogP contribution in [0.5, 0.6) is 5.75 Å². The van der Waals surface area contributed by atoms with Crippen LogP contribution in [0.2, 0.25) is 0 Å². The van der Waals surface area contributed by atoms with Gasteiger partial charge in [0.05, 0.1) is 25.2 Å². The van der Waals surface area contributed by atoms with Crippen LogP contribution in [0.25, 0.3) is 0 Å². The van der Waals surface area contributed by atoms with Gasteiger partial charge >= 0.3 is 0 Å². The van der Waals surface area contributed by atoms with Crippen molar-refractivity contribution in [1.29, 1.82) is 0 Å². The van der Waals surface area contributed by atoms with E-state index in [-0.39, 0.29) is 18.4 Å². The Bertz CT molecular complexity index is 685. The zero-order valence-electron chi connectivity index (χ0n) is 16.5. The topological polar surface area (TPSA) is 58.6 Å². The fraction of sp³-hybridized carbons (Fsp3) is 0.435. The van der Waals surface area contributed by atoms with Gasteiger partial charge in [-0.3, -0.25) is 4.79 Å². The predicted octanol–water partition coefficient (Wildman–Crippen LogP) is 4.45. The van der Waals surface area contributed by atoms with E-state index in [4.69, 9.17) is 4.74 Å². The van der Waals surface area contributed by atoms with Gasteiger partial charge in [0.1, 0.15) is 5.75 Å². The second-order valence-corrected chi connectivity index (χ2v) is 7.15. The molecule has 2 unspecified atom stereocenters. The molecule has 0 aromatic heterocycles. The number of carbonyl (C=O) groups excluding carboxylic acids is 1. The van der Waals surface area contributed by atoms with Gasteiger partial charge in [0.15, 0.2) is 0 Å². The van der Waals surface area contributed by atoms with Crippen LogP contribution in [0.15, 0.2) is 54.6 Å². The van der Waals surface area contributed by atoms with Gasteiger partial charge in [0.25, 0.3) is 0 Å². The van der Waals surface area contributed by atoms with E-state index in [1.165, 1.54) is 0 Å². The van der Waals surface area contributed by atoms with Crippen molar-refractivity contribution in [3.8, 4) is 5.75 Å². The van der Waals surface area contributed by atoms with E-state index < -0.39 is 6.04 Å². The first kappa shape index (κ1) is 21.0. The van der Waals surface area contributed by atoms with Gasteiger partial charge in [-0.05, 0) is 42.5 Å². The van der Waals surface area contributed by atoms with Crippen molar-refractivity contribution in [3.05, 3.63) is 65.7 Å². The van der Waals surface area contributed by atoms with Crippen LogP contribution >= 0.6 is 0 Å². The zero-order chi connectivity index (χ0) is 19.6. The quantitative estimate of drug-likeness (QED) is 0.650. The van der Waals surface area contributed by atoms with E-state index in [9.17, 15) is 9.90 Å². The second kappa shape index (κ2) is 10.7. The summed E-state index contributed by atoms with van der Waals surface area (Å²) in [5, 5.41) is 12.7. The van der Waals surface area contributed by atoms with Crippen molar-refractivity contribution >= 4 is 5.91 Å². The molecule has 1 amide bonds. The zero-order valence-corrected chi connectivity index (χ0v) is 16.5. The molecule has 2 aromatic carbocycles. The molecule has 0 bridgehead atoms. The molecule has 0 aliphatic heterocycles. The van der Waals surface area contributed by atoms with E-state index in [0.29, 0.717) is 12.5 Å². The van der Waals surface area contributed by atoms with Gasteiger partial charge in [-0.1, -0.05) is 62.7 Å². The van der Waals surface area contributed by atoms with Crippen LogP contribution in [-0.2, 0) is 4.79 Å². The average molecular weight is 370 g/mol. The molecule has 0 fully saturated rings. The SMILES string of the molecule is CCCC(C)COc1ccc([C@H](CO)NC(=O)C(C)c2ccccc2)cc1. The standard InChI is InChI=1S/C23H31NO3/c1-4-8-17(2)16-27-21-13-11-20(12-14-21)22(15-25)24-23(26)18(3)19-9-6-5-7-10-19/h5-7,9-14,17-18,22,25H,4,8,15-16H2,1-3H3,(H,24,26)/t17?,18?,22-/m0/s1. The summed E-state index contributed by atoms with van der Waals surface area (Å²) < 4.78 is 5.82. The average Bonchev–Trinajstić information content (AvgIpc) is 2.71. The van der Waals surface area contributed by atoms with E-state index in [1.54, 1.807) is 0 Å². The van der Waals surface area contributed by atoms with Crippen molar-refractivity contribution in [3.63, 3.8) is 0 Å². The van der Waals surface area contributed by atoms with Gasteiger partial charge in [-0.25, -0.2) is 0 Å². The van der Waals surface area contributed by atoms with Crippen molar-refractivity contribution in [1.82, 2.24) is 5.32 Å². The molecule has 4 nitrogen and oxygen atoms in total. The predicted molar refractivity (Wildman–Crippen MR) is 109 cm³/mol. The summed E-state index contributed by atoms with van der Waals surface area (Å²) in [6, 6.07) is 16.8. The van der Waals surface area contributed by atoms with Crippen LogP contribution in [0.1, 0.15) is 56.7 Å².